The van der Waals surface area contributed by atoms with E-state index in [2.05, 4.69) is 32.3 Å². The summed E-state index contributed by atoms with van der Waals surface area (Å²) >= 11 is 0. The van der Waals surface area contributed by atoms with Gasteiger partial charge >= 0.3 is 0 Å². The highest BCUT2D eigenvalue weighted by atomic mass is 16.5. The first-order valence-electron chi connectivity index (χ1n) is 7.74. The number of hydrogen-bond acceptors (Lipinski definition) is 2. The van der Waals surface area contributed by atoms with Gasteiger partial charge in [-0.1, -0.05) is 51.6 Å². The Morgan fingerprint density at radius 2 is 2.00 bits per heavy atom. The minimum Gasteiger partial charge on any atom is -0.493 e. The Balaban J connectivity index is 2.34. The fourth-order valence-corrected chi connectivity index (χ4v) is 2.38. The summed E-state index contributed by atoms with van der Waals surface area (Å²) in [5.41, 5.74) is 1.07. The minimum atomic E-state index is 0.726. The Kier molecular flexibility index (Phi) is 8.05. The van der Waals surface area contributed by atoms with E-state index in [9.17, 15) is 0 Å². The minimum absolute atomic E-state index is 0.726. The van der Waals surface area contributed by atoms with E-state index in [1.54, 1.807) is 0 Å². The zero-order valence-electron chi connectivity index (χ0n) is 13.3. The molecule has 0 aliphatic heterocycles. The van der Waals surface area contributed by atoms with Crippen molar-refractivity contribution in [3.05, 3.63) is 36.4 Å². The molecular formula is C18H29NO. The van der Waals surface area contributed by atoms with E-state index < -0.39 is 0 Å². The second-order valence-electron chi connectivity index (χ2n) is 5.64. The van der Waals surface area contributed by atoms with Gasteiger partial charge in [0.2, 0.25) is 0 Å². The molecule has 20 heavy (non-hydrogen) atoms. The van der Waals surface area contributed by atoms with Crippen LogP contribution in [0.5, 0.6) is 5.75 Å². The maximum absolute atomic E-state index is 5.86. The molecule has 0 heterocycles. The number of benzene rings is 1. The van der Waals surface area contributed by atoms with E-state index in [1.807, 2.05) is 30.3 Å². The Morgan fingerprint density at radius 1 is 1.25 bits per heavy atom. The third-order valence-corrected chi connectivity index (χ3v) is 3.18. The lowest BCUT2D eigenvalue weighted by molar-refractivity contribution is 0.216. The predicted molar refractivity (Wildman–Crippen MR) is 88.2 cm³/mol. The summed E-state index contributed by atoms with van der Waals surface area (Å²) in [4.78, 5) is 2.54. The lowest BCUT2D eigenvalue weighted by Crippen LogP contribution is -2.30. The number of para-hydroxylation sites is 1. The van der Waals surface area contributed by atoms with E-state index in [1.165, 1.54) is 19.5 Å². The number of hydrogen-bond donors (Lipinski definition) is 0. The van der Waals surface area contributed by atoms with Gasteiger partial charge in [-0.25, -0.2) is 0 Å². The second-order valence-corrected chi connectivity index (χ2v) is 5.64. The van der Waals surface area contributed by atoms with Crippen LogP contribution in [0.15, 0.2) is 30.8 Å². The van der Waals surface area contributed by atoms with Gasteiger partial charge < -0.3 is 9.64 Å². The van der Waals surface area contributed by atoms with Gasteiger partial charge in [0.05, 0.1) is 6.61 Å². The van der Waals surface area contributed by atoms with E-state index >= 15 is 0 Å². The molecule has 0 amide bonds. The molecule has 0 fully saturated rings. The highest BCUT2D eigenvalue weighted by Gasteiger charge is 2.06. The van der Waals surface area contributed by atoms with E-state index in [0.29, 0.717) is 0 Å². The fraction of sp³-hybridized carbons (Fsp3) is 0.556. The van der Waals surface area contributed by atoms with Gasteiger partial charge in [0, 0.05) is 18.7 Å². The molecular weight excluding hydrogens is 246 g/mol. The second kappa shape index (κ2) is 9.60. The van der Waals surface area contributed by atoms with Crippen LogP contribution < -0.4 is 4.74 Å². The van der Waals surface area contributed by atoms with E-state index in [0.717, 1.165) is 36.8 Å². The molecule has 0 atom stereocenters. The third kappa shape index (κ3) is 6.25. The van der Waals surface area contributed by atoms with Crippen LogP contribution in [0.3, 0.4) is 0 Å². The van der Waals surface area contributed by atoms with Crippen LogP contribution in [0.1, 0.15) is 39.2 Å². The molecule has 0 bridgehead atoms. The van der Waals surface area contributed by atoms with Crippen molar-refractivity contribution in [1.29, 1.82) is 0 Å². The van der Waals surface area contributed by atoms with Gasteiger partial charge in [-0.2, -0.15) is 0 Å². The van der Waals surface area contributed by atoms with Gasteiger partial charge in [-0.3, -0.25) is 0 Å². The molecule has 0 saturated heterocycles. The molecule has 2 nitrogen and oxygen atoms in total. The summed E-state index contributed by atoms with van der Waals surface area (Å²) in [5.74, 6) is 1.66. The van der Waals surface area contributed by atoms with Crippen LogP contribution in [0.2, 0.25) is 0 Å². The van der Waals surface area contributed by atoms with Gasteiger partial charge in [0.15, 0.2) is 0 Å². The van der Waals surface area contributed by atoms with Crippen molar-refractivity contribution in [3.63, 3.8) is 0 Å². The van der Waals surface area contributed by atoms with Crippen molar-refractivity contribution < 1.29 is 4.74 Å². The average Bonchev–Trinajstić information content (AvgIpc) is 2.43. The number of ether oxygens (including phenoxy) is 1. The summed E-state index contributed by atoms with van der Waals surface area (Å²) < 4.78 is 5.86. The van der Waals surface area contributed by atoms with Crippen LogP contribution in [0, 0.1) is 5.92 Å². The van der Waals surface area contributed by atoms with Crippen molar-refractivity contribution in [3.8, 4) is 5.75 Å². The van der Waals surface area contributed by atoms with E-state index in [4.69, 9.17) is 4.74 Å². The van der Waals surface area contributed by atoms with E-state index in [-0.39, 0.29) is 0 Å². The van der Waals surface area contributed by atoms with Gasteiger partial charge in [0.1, 0.15) is 5.75 Å². The fourth-order valence-electron chi connectivity index (χ4n) is 2.38. The summed E-state index contributed by atoms with van der Waals surface area (Å²) in [6.07, 6.45) is 4.13. The molecule has 1 aromatic rings. The molecule has 0 N–H and O–H groups in total. The summed E-state index contributed by atoms with van der Waals surface area (Å²) in [7, 11) is 0. The van der Waals surface area contributed by atoms with Crippen LogP contribution >= 0.6 is 0 Å². The molecule has 0 radical (unpaired) electrons. The maximum atomic E-state index is 5.86. The van der Waals surface area contributed by atoms with Gasteiger partial charge in [-0.05, 0) is 31.4 Å². The predicted octanol–water partition coefficient (Wildman–Crippen LogP) is 4.47. The Morgan fingerprint density at radius 3 is 2.65 bits per heavy atom. The monoisotopic (exact) mass is 275 g/mol. The summed E-state index contributed by atoms with van der Waals surface area (Å²) in [5, 5.41) is 0. The van der Waals surface area contributed by atoms with Crippen molar-refractivity contribution in [1.82, 2.24) is 4.90 Å². The molecule has 0 spiro atoms. The molecule has 0 aliphatic rings. The van der Waals surface area contributed by atoms with Crippen LogP contribution in [-0.4, -0.2) is 31.1 Å². The first-order valence-corrected chi connectivity index (χ1v) is 7.74. The summed E-state index contributed by atoms with van der Waals surface area (Å²) in [6, 6.07) is 8.05. The van der Waals surface area contributed by atoms with Crippen molar-refractivity contribution in [2.24, 2.45) is 5.92 Å². The van der Waals surface area contributed by atoms with Gasteiger partial charge in [-0.15, -0.1) is 0 Å². The zero-order chi connectivity index (χ0) is 14.8. The topological polar surface area (TPSA) is 12.5 Å². The Labute approximate surface area is 124 Å². The largest absolute Gasteiger partial charge is 0.493 e. The number of rotatable bonds is 10. The first-order chi connectivity index (χ1) is 9.67. The molecule has 1 rings (SSSR count). The van der Waals surface area contributed by atoms with Gasteiger partial charge in [0.25, 0.3) is 0 Å². The molecule has 0 aromatic heterocycles. The van der Waals surface area contributed by atoms with Crippen molar-refractivity contribution >= 4 is 6.08 Å². The smallest absolute Gasteiger partial charge is 0.126 e. The molecule has 0 aliphatic carbocycles. The molecule has 0 saturated carbocycles. The maximum Gasteiger partial charge on any atom is 0.126 e. The van der Waals surface area contributed by atoms with Crippen LogP contribution in [0.25, 0.3) is 6.08 Å². The van der Waals surface area contributed by atoms with Crippen LogP contribution in [0.4, 0.5) is 0 Å². The third-order valence-electron chi connectivity index (χ3n) is 3.18. The average molecular weight is 275 g/mol. The molecule has 1 aromatic carbocycles. The standard InChI is InChI=1S/C18H29NO/c1-5-12-19(15-16(3)4)13-9-14-20-18-11-8-7-10-17(18)6-2/h6-8,10-11,16H,2,5,9,12-15H2,1,3-4H3. The summed E-state index contributed by atoms with van der Waals surface area (Å²) in [6.45, 7) is 14.9. The molecule has 2 heteroatoms. The SMILES string of the molecule is C=Cc1ccccc1OCCCN(CCC)CC(C)C. The quantitative estimate of drug-likeness (QED) is 0.584. The van der Waals surface area contributed by atoms with Crippen molar-refractivity contribution in [2.45, 2.75) is 33.6 Å². The highest BCUT2D eigenvalue weighted by Crippen LogP contribution is 2.18. The lowest BCUT2D eigenvalue weighted by atomic mass is 10.2. The zero-order valence-corrected chi connectivity index (χ0v) is 13.3. The molecule has 112 valence electrons. The van der Waals surface area contributed by atoms with Crippen LogP contribution in [-0.2, 0) is 0 Å². The Bertz CT molecular complexity index is 387. The van der Waals surface area contributed by atoms with Crippen molar-refractivity contribution in [2.75, 3.05) is 26.2 Å². The first kappa shape index (κ1) is 16.8. The Hall–Kier alpha value is -1.28. The lowest BCUT2D eigenvalue weighted by Gasteiger charge is -2.23. The molecule has 0 unspecified atom stereocenters. The number of nitrogens with zero attached hydrogens (tertiary/aromatic N) is 1. The normalized spacial score (nSPS) is 11.1. The highest BCUT2D eigenvalue weighted by molar-refractivity contribution is 5.55.